The highest BCUT2D eigenvalue weighted by molar-refractivity contribution is 9.10. The van der Waals surface area contributed by atoms with E-state index >= 15 is 0 Å². The highest BCUT2D eigenvalue weighted by atomic mass is 79.9. The van der Waals surface area contributed by atoms with Gasteiger partial charge >= 0.3 is 0 Å². The van der Waals surface area contributed by atoms with Crippen LogP contribution < -0.4 is 5.73 Å². The summed E-state index contributed by atoms with van der Waals surface area (Å²) in [5, 5.41) is 10.9. The number of nitro groups is 1. The van der Waals surface area contributed by atoms with E-state index in [1.165, 1.54) is 12.1 Å². The zero-order valence-electron chi connectivity index (χ0n) is 10.0. The van der Waals surface area contributed by atoms with Gasteiger partial charge < -0.3 is 10.2 Å². The molecular weight excluding hydrogens is 326 g/mol. The SMILES string of the molecule is Nc1ccc(-c2nc3cc(Br)ccc3o2)cc1[N+](=O)[O-]. The summed E-state index contributed by atoms with van der Waals surface area (Å²) in [5.41, 5.74) is 7.31. The predicted molar refractivity (Wildman–Crippen MR) is 78.2 cm³/mol. The number of rotatable bonds is 2. The molecule has 0 aliphatic rings. The van der Waals surface area contributed by atoms with Crippen molar-refractivity contribution >= 4 is 38.4 Å². The molecule has 100 valence electrons. The molecule has 3 rings (SSSR count). The van der Waals surface area contributed by atoms with Crippen molar-refractivity contribution in [2.75, 3.05) is 5.73 Å². The Morgan fingerprint density at radius 3 is 2.80 bits per heavy atom. The van der Waals surface area contributed by atoms with Gasteiger partial charge in [0.25, 0.3) is 5.69 Å². The highest BCUT2D eigenvalue weighted by Gasteiger charge is 2.16. The molecule has 7 heteroatoms. The first-order chi connectivity index (χ1) is 9.54. The molecule has 2 aromatic carbocycles. The number of fused-ring (bicyclic) bond motifs is 1. The fourth-order valence-electron chi connectivity index (χ4n) is 1.86. The van der Waals surface area contributed by atoms with E-state index in [9.17, 15) is 10.1 Å². The topological polar surface area (TPSA) is 95.2 Å². The van der Waals surface area contributed by atoms with Gasteiger partial charge in [-0.25, -0.2) is 4.98 Å². The Morgan fingerprint density at radius 2 is 2.05 bits per heavy atom. The summed E-state index contributed by atoms with van der Waals surface area (Å²) >= 11 is 3.35. The van der Waals surface area contributed by atoms with Crippen LogP contribution in [0.2, 0.25) is 0 Å². The zero-order valence-corrected chi connectivity index (χ0v) is 11.6. The molecule has 0 bridgehead atoms. The Hall–Kier alpha value is -2.41. The first-order valence-electron chi connectivity index (χ1n) is 5.65. The number of nitrogen functional groups attached to an aromatic ring is 1. The normalized spacial score (nSPS) is 10.8. The minimum absolute atomic E-state index is 0.109. The standard InChI is InChI=1S/C13H8BrN3O3/c14-8-2-4-12-10(6-8)16-13(20-12)7-1-3-9(15)11(5-7)17(18)19/h1-6H,15H2. The van der Waals surface area contributed by atoms with Gasteiger partial charge in [0.15, 0.2) is 5.58 Å². The third-order valence-corrected chi connectivity index (χ3v) is 3.32. The lowest BCUT2D eigenvalue weighted by atomic mass is 10.2. The smallest absolute Gasteiger partial charge is 0.292 e. The number of hydrogen-bond acceptors (Lipinski definition) is 5. The molecule has 0 atom stereocenters. The Kier molecular flexibility index (Phi) is 2.90. The Bertz CT molecular complexity index is 829. The van der Waals surface area contributed by atoms with Crippen molar-refractivity contribution in [1.82, 2.24) is 4.98 Å². The third-order valence-electron chi connectivity index (χ3n) is 2.82. The molecule has 1 aromatic heterocycles. The molecule has 0 saturated carbocycles. The number of nitrogens with zero attached hydrogens (tertiary/aromatic N) is 2. The fraction of sp³-hybridized carbons (Fsp3) is 0. The molecule has 0 aliphatic carbocycles. The molecule has 0 unspecified atom stereocenters. The summed E-state index contributed by atoms with van der Waals surface area (Å²) in [6.07, 6.45) is 0. The van der Waals surface area contributed by atoms with Crippen molar-refractivity contribution in [2.45, 2.75) is 0 Å². The Labute approximate surface area is 121 Å². The molecule has 6 nitrogen and oxygen atoms in total. The molecule has 0 saturated heterocycles. The van der Waals surface area contributed by atoms with Gasteiger partial charge in [-0.3, -0.25) is 10.1 Å². The van der Waals surface area contributed by atoms with Crippen LogP contribution in [0.1, 0.15) is 0 Å². The van der Waals surface area contributed by atoms with Crippen LogP contribution >= 0.6 is 15.9 Å². The number of oxazole rings is 1. The molecule has 3 aromatic rings. The van der Waals surface area contributed by atoms with Gasteiger partial charge in [-0.1, -0.05) is 15.9 Å². The molecule has 20 heavy (non-hydrogen) atoms. The minimum atomic E-state index is -0.530. The first kappa shape index (κ1) is 12.6. The van der Waals surface area contributed by atoms with Gasteiger partial charge in [-0.2, -0.15) is 0 Å². The van der Waals surface area contributed by atoms with Crippen molar-refractivity contribution < 1.29 is 9.34 Å². The molecule has 0 amide bonds. The second-order valence-corrected chi connectivity index (χ2v) is 5.08. The van der Waals surface area contributed by atoms with Gasteiger partial charge in [0.2, 0.25) is 5.89 Å². The van der Waals surface area contributed by atoms with Crippen LogP contribution in [0, 0.1) is 10.1 Å². The van der Waals surface area contributed by atoms with Crippen molar-refractivity contribution in [1.29, 1.82) is 0 Å². The van der Waals surface area contributed by atoms with Crippen molar-refractivity contribution in [3.63, 3.8) is 0 Å². The first-order valence-corrected chi connectivity index (χ1v) is 6.44. The summed E-state index contributed by atoms with van der Waals surface area (Å²) in [7, 11) is 0. The van der Waals surface area contributed by atoms with Crippen LogP contribution in [0.3, 0.4) is 0 Å². The van der Waals surface area contributed by atoms with E-state index in [1.54, 1.807) is 12.1 Å². The Morgan fingerprint density at radius 1 is 1.25 bits per heavy atom. The largest absolute Gasteiger partial charge is 0.436 e. The summed E-state index contributed by atoms with van der Waals surface area (Å²) in [5.74, 6) is 0.321. The summed E-state index contributed by atoms with van der Waals surface area (Å²) in [4.78, 5) is 14.7. The van der Waals surface area contributed by atoms with Crippen LogP contribution in [0.4, 0.5) is 11.4 Å². The van der Waals surface area contributed by atoms with Gasteiger partial charge in [-0.15, -0.1) is 0 Å². The third kappa shape index (κ3) is 2.12. The maximum absolute atomic E-state index is 10.9. The number of aromatic nitrogens is 1. The number of benzene rings is 2. The van der Waals surface area contributed by atoms with E-state index in [0.717, 1.165) is 4.47 Å². The van der Waals surface area contributed by atoms with Crippen molar-refractivity contribution in [3.05, 3.63) is 51.0 Å². The van der Waals surface area contributed by atoms with Crippen molar-refractivity contribution in [2.24, 2.45) is 0 Å². The van der Waals surface area contributed by atoms with Crippen LogP contribution in [0.25, 0.3) is 22.6 Å². The van der Waals surface area contributed by atoms with E-state index < -0.39 is 4.92 Å². The monoisotopic (exact) mass is 333 g/mol. The Balaban J connectivity index is 2.15. The summed E-state index contributed by atoms with van der Waals surface area (Å²) in [6, 6.07) is 9.90. The van der Waals surface area contributed by atoms with Gasteiger partial charge in [0.05, 0.1) is 4.92 Å². The minimum Gasteiger partial charge on any atom is -0.436 e. The van der Waals surface area contributed by atoms with Gasteiger partial charge in [0.1, 0.15) is 11.2 Å². The van der Waals surface area contributed by atoms with E-state index in [1.807, 2.05) is 12.1 Å². The fourth-order valence-corrected chi connectivity index (χ4v) is 2.21. The number of nitrogens with two attached hydrogens (primary N) is 1. The van der Waals surface area contributed by atoms with E-state index in [4.69, 9.17) is 10.2 Å². The molecule has 2 N–H and O–H groups in total. The van der Waals surface area contributed by atoms with Crippen LogP contribution in [0.15, 0.2) is 45.3 Å². The van der Waals surface area contributed by atoms with Crippen molar-refractivity contribution in [3.8, 4) is 11.5 Å². The quantitative estimate of drug-likeness (QED) is 0.437. The van der Waals surface area contributed by atoms with Crippen LogP contribution in [-0.2, 0) is 0 Å². The number of anilines is 1. The lowest BCUT2D eigenvalue weighted by Gasteiger charge is -1.99. The summed E-state index contributed by atoms with van der Waals surface area (Å²) < 4.78 is 6.47. The van der Waals surface area contributed by atoms with Crippen LogP contribution in [-0.4, -0.2) is 9.91 Å². The number of hydrogen-bond donors (Lipinski definition) is 1. The molecular formula is C13H8BrN3O3. The molecule has 0 radical (unpaired) electrons. The molecule has 0 aliphatic heterocycles. The highest BCUT2D eigenvalue weighted by Crippen LogP contribution is 2.30. The predicted octanol–water partition coefficient (Wildman–Crippen LogP) is 3.75. The molecule has 0 spiro atoms. The molecule has 1 heterocycles. The lowest BCUT2D eigenvalue weighted by molar-refractivity contribution is -0.383. The summed E-state index contributed by atoms with van der Waals surface area (Å²) in [6.45, 7) is 0. The van der Waals surface area contributed by atoms with Gasteiger partial charge in [0, 0.05) is 16.1 Å². The van der Waals surface area contributed by atoms with E-state index in [-0.39, 0.29) is 11.4 Å². The van der Waals surface area contributed by atoms with E-state index in [2.05, 4.69) is 20.9 Å². The van der Waals surface area contributed by atoms with Crippen LogP contribution in [0.5, 0.6) is 0 Å². The van der Waals surface area contributed by atoms with E-state index in [0.29, 0.717) is 22.6 Å². The zero-order chi connectivity index (χ0) is 14.3. The lowest BCUT2D eigenvalue weighted by Crippen LogP contribution is -1.95. The average Bonchev–Trinajstić information content (AvgIpc) is 2.81. The number of nitro benzene ring substituents is 1. The maximum atomic E-state index is 10.9. The molecule has 0 fully saturated rings. The van der Waals surface area contributed by atoms with Gasteiger partial charge in [-0.05, 0) is 30.3 Å². The second kappa shape index (κ2) is 4.61. The average molecular weight is 334 g/mol. The maximum Gasteiger partial charge on any atom is 0.292 e. The second-order valence-electron chi connectivity index (χ2n) is 4.16. The number of halogens is 1.